The number of carbonyl (C=O) groups is 2. The van der Waals surface area contributed by atoms with Gasteiger partial charge in [-0.2, -0.15) is 5.10 Å². The summed E-state index contributed by atoms with van der Waals surface area (Å²) in [6.07, 6.45) is 1.45. The predicted molar refractivity (Wildman–Crippen MR) is 128 cm³/mol. The minimum absolute atomic E-state index is 0.263. The molecule has 4 rings (SSSR count). The number of aryl methyl sites for hydroxylation is 2. The van der Waals surface area contributed by atoms with Crippen molar-refractivity contribution in [1.82, 2.24) is 19.5 Å². The highest BCUT2D eigenvalue weighted by molar-refractivity contribution is 5.99. The maximum absolute atomic E-state index is 13.1. The number of anilines is 1. The van der Waals surface area contributed by atoms with Crippen molar-refractivity contribution in [2.24, 2.45) is 0 Å². The molecule has 0 aliphatic rings. The maximum atomic E-state index is 13.1. The molecule has 2 aromatic heterocycles. The van der Waals surface area contributed by atoms with Gasteiger partial charge in [0.2, 0.25) is 5.91 Å². The highest BCUT2D eigenvalue weighted by atomic mass is 16.5. The molecule has 0 unspecified atom stereocenters. The van der Waals surface area contributed by atoms with Crippen LogP contribution in [-0.2, 0) is 17.9 Å². The average Bonchev–Trinajstić information content (AvgIpc) is 3.10. The Morgan fingerprint density at radius 3 is 2.41 bits per heavy atom. The quantitative estimate of drug-likeness (QED) is 0.442. The van der Waals surface area contributed by atoms with E-state index in [4.69, 9.17) is 4.74 Å². The molecule has 4 aromatic rings. The molecule has 2 aromatic carbocycles. The number of benzene rings is 2. The Morgan fingerprint density at radius 1 is 1.03 bits per heavy atom. The summed E-state index contributed by atoms with van der Waals surface area (Å²) in [6, 6.07) is 16.4. The van der Waals surface area contributed by atoms with E-state index >= 15 is 0 Å². The van der Waals surface area contributed by atoms with Crippen molar-refractivity contribution < 1.29 is 14.3 Å². The van der Waals surface area contributed by atoms with Gasteiger partial charge in [0.15, 0.2) is 0 Å². The van der Waals surface area contributed by atoms with Gasteiger partial charge < -0.3 is 15.4 Å². The molecule has 0 saturated carbocycles. The lowest BCUT2D eigenvalue weighted by atomic mass is 10.1. The first-order valence-corrected chi connectivity index (χ1v) is 10.7. The Labute approximate surface area is 196 Å². The van der Waals surface area contributed by atoms with Gasteiger partial charge >= 0.3 is 0 Å². The number of methoxy groups -OCH3 is 1. The van der Waals surface area contributed by atoms with Crippen LogP contribution in [0.1, 0.15) is 27.2 Å². The fourth-order valence-electron chi connectivity index (χ4n) is 3.88. The number of rotatable bonds is 7. The summed E-state index contributed by atoms with van der Waals surface area (Å²) in [5.74, 6) is 0.000603. The van der Waals surface area contributed by atoms with Crippen molar-refractivity contribution in [2.75, 3.05) is 12.4 Å². The van der Waals surface area contributed by atoms with Crippen molar-refractivity contribution in [3.63, 3.8) is 0 Å². The Hall–Kier alpha value is -4.40. The second-order valence-electron chi connectivity index (χ2n) is 7.84. The molecule has 0 atom stereocenters. The SMILES string of the molecule is COc1ccc(NC(=O)Cn2ncn3c(C)c(C(=O)NCc4ccccc4)c(C)c3c2=O)cc1. The van der Waals surface area contributed by atoms with Crippen LogP contribution in [-0.4, -0.2) is 33.1 Å². The summed E-state index contributed by atoms with van der Waals surface area (Å²) in [6.45, 7) is 3.60. The second kappa shape index (κ2) is 9.62. The zero-order valence-electron chi connectivity index (χ0n) is 19.2. The number of amides is 2. The van der Waals surface area contributed by atoms with Crippen molar-refractivity contribution in [3.8, 4) is 5.75 Å². The number of ether oxygens (including phenoxy) is 1. The minimum atomic E-state index is -0.449. The van der Waals surface area contributed by atoms with Crippen LogP contribution in [0.25, 0.3) is 5.52 Å². The molecular weight excluding hydrogens is 434 g/mol. The zero-order valence-corrected chi connectivity index (χ0v) is 19.2. The largest absolute Gasteiger partial charge is 0.497 e. The number of hydrogen-bond donors (Lipinski definition) is 2. The number of carbonyl (C=O) groups excluding carboxylic acids is 2. The van der Waals surface area contributed by atoms with E-state index < -0.39 is 11.5 Å². The molecule has 34 heavy (non-hydrogen) atoms. The average molecular weight is 460 g/mol. The van der Waals surface area contributed by atoms with Crippen molar-refractivity contribution in [1.29, 1.82) is 0 Å². The predicted octanol–water partition coefficient (Wildman–Crippen LogP) is 2.69. The monoisotopic (exact) mass is 459 g/mol. The van der Waals surface area contributed by atoms with Gasteiger partial charge in [0.1, 0.15) is 24.1 Å². The zero-order chi connectivity index (χ0) is 24.2. The van der Waals surface area contributed by atoms with Gasteiger partial charge in [-0.25, -0.2) is 4.68 Å². The van der Waals surface area contributed by atoms with Crippen LogP contribution in [0.15, 0.2) is 65.7 Å². The maximum Gasteiger partial charge on any atom is 0.291 e. The standard InChI is InChI=1S/C25H25N5O4/c1-16-22(24(32)26-13-18-7-5-4-6-8-18)17(2)29-15-27-30(25(33)23(16)29)14-21(31)28-19-9-11-20(34-3)12-10-19/h4-12,15H,13-14H2,1-3H3,(H,26,32)(H,28,31). The molecule has 9 nitrogen and oxygen atoms in total. The third kappa shape index (κ3) is 4.54. The summed E-state index contributed by atoms with van der Waals surface area (Å²) in [5, 5.41) is 9.78. The van der Waals surface area contributed by atoms with Gasteiger partial charge in [0.05, 0.1) is 12.7 Å². The first kappa shape index (κ1) is 22.8. The van der Waals surface area contributed by atoms with Gasteiger partial charge in [-0.3, -0.25) is 18.8 Å². The van der Waals surface area contributed by atoms with Crippen molar-refractivity contribution in [3.05, 3.63) is 93.7 Å². The van der Waals surface area contributed by atoms with E-state index in [9.17, 15) is 14.4 Å². The molecule has 9 heteroatoms. The lowest BCUT2D eigenvalue weighted by molar-refractivity contribution is -0.117. The van der Waals surface area contributed by atoms with E-state index in [0.29, 0.717) is 40.3 Å². The van der Waals surface area contributed by atoms with Crippen molar-refractivity contribution >= 4 is 23.0 Å². The highest BCUT2D eigenvalue weighted by Crippen LogP contribution is 2.20. The van der Waals surface area contributed by atoms with E-state index in [-0.39, 0.29) is 12.5 Å². The van der Waals surface area contributed by atoms with Crippen molar-refractivity contribution in [2.45, 2.75) is 26.9 Å². The molecule has 0 saturated heterocycles. The van der Waals surface area contributed by atoms with Crippen LogP contribution in [0, 0.1) is 13.8 Å². The van der Waals surface area contributed by atoms with Gasteiger partial charge in [-0.15, -0.1) is 0 Å². The topological polar surface area (TPSA) is 107 Å². The van der Waals surface area contributed by atoms with Crippen LogP contribution in [0.3, 0.4) is 0 Å². The number of nitrogens with zero attached hydrogens (tertiary/aromatic N) is 3. The van der Waals surface area contributed by atoms with E-state index in [0.717, 1.165) is 10.2 Å². The van der Waals surface area contributed by atoms with E-state index in [1.165, 1.54) is 6.33 Å². The summed E-state index contributed by atoms with van der Waals surface area (Å²) in [4.78, 5) is 38.6. The Morgan fingerprint density at radius 2 is 1.74 bits per heavy atom. The molecule has 0 bridgehead atoms. The van der Waals surface area contributed by atoms with E-state index in [1.807, 2.05) is 30.3 Å². The summed E-state index contributed by atoms with van der Waals surface area (Å²) in [7, 11) is 1.56. The second-order valence-corrected chi connectivity index (χ2v) is 7.84. The Balaban J connectivity index is 1.55. The molecular formula is C25H25N5O4. The number of fused-ring (bicyclic) bond motifs is 1. The molecule has 174 valence electrons. The van der Waals surface area contributed by atoms with E-state index in [2.05, 4.69) is 15.7 Å². The van der Waals surface area contributed by atoms with Crippen LogP contribution in [0.4, 0.5) is 5.69 Å². The fraction of sp³-hybridized carbons (Fsp3) is 0.200. The summed E-state index contributed by atoms with van der Waals surface area (Å²) in [5.41, 5.74) is 2.99. The number of hydrogen-bond acceptors (Lipinski definition) is 5. The molecule has 0 aliphatic carbocycles. The molecule has 0 spiro atoms. The Bertz CT molecular complexity index is 1410. The summed E-state index contributed by atoms with van der Waals surface area (Å²) < 4.78 is 7.78. The third-order valence-corrected chi connectivity index (χ3v) is 5.63. The first-order valence-electron chi connectivity index (χ1n) is 10.7. The van der Waals surface area contributed by atoms with Crippen LogP contribution < -0.4 is 20.9 Å². The highest BCUT2D eigenvalue weighted by Gasteiger charge is 2.22. The minimum Gasteiger partial charge on any atom is -0.497 e. The molecule has 0 radical (unpaired) electrons. The van der Waals surface area contributed by atoms with E-state index in [1.54, 1.807) is 49.6 Å². The van der Waals surface area contributed by atoms with Crippen LogP contribution in [0.2, 0.25) is 0 Å². The van der Waals surface area contributed by atoms with Crippen LogP contribution >= 0.6 is 0 Å². The molecule has 2 N–H and O–H groups in total. The Kier molecular flexibility index (Phi) is 6.44. The normalized spacial score (nSPS) is 10.8. The van der Waals surface area contributed by atoms with Gasteiger partial charge in [-0.05, 0) is 49.2 Å². The number of aromatic nitrogens is 3. The third-order valence-electron chi connectivity index (χ3n) is 5.63. The van der Waals surface area contributed by atoms with Gasteiger partial charge in [0.25, 0.3) is 11.5 Å². The summed E-state index contributed by atoms with van der Waals surface area (Å²) >= 11 is 0. The smallest absolute Gasteiger partial charge is 0.291 e. The van der Waals surface area contributed by atoms with Crippen LogP contribution in [0.5, 0.6) is 5.75 Å². The fourth-order valence-corrected chi connectivity index (χ4v) is 3.88. The molecule has 0 fully saturated rings. The lowest BCUT2D eigenvalue weighted by Gasteiger charge is -2.08. The lowest BCUT2D eigenvalue weighted by Crippen LogP contribution is -2.30. The molecule has 2 amide bonds. The molecule has 2 heterocycles. The first-order chi connectivity index (χ1) is 16.4. The molecule has 0 aliphatic heterocycles. The van der Waals surface area contributed by atoms with Gasteiger partial charge in [0, 0.05) is 17.9 Å². The number of nitrogens with one attached hydrogen (secondary N) is 2. The van der Waals surface area contributed by atoms with Gasteiger partial charge in [-0.1, -0.05) is 30.3 Å².